The number of allylic oxidation sites excluding steroid dienone is 4. The maximum atomic E-state index is 13.3. The molecule has 0 aromatic carbocycles. The number of hydrogen-bond donors (Lipinski definition) is 1. The number of hydrogen-bond acceptors (Lipinski definition) is 8. The Hall–Kier alpha value is -3.00. The van der Waals surface area contributed by atoms with E-state index in [4.69, 9.17) is 14.2 Å². The summed E-state index contributed by atoms with van der Waals surface area (Å²) in [6.07, 6.45) is 11.7. The predicted molar refractivity (Wildman–Crippen MR) is 148 cm³/mol. The van der Waals surface area contributed by atoms with Gasteiger partial charge < -0.3 is 19.3 Å². The number of fused-ring (bicyclic) bond motifs is 5. The number of carbonyl (C=O) groups excluding carboxylic acids is 4. The van der Waals surface area contributed by atoms with Gasteiger partial charge in [0.2, 0.25) is 0 Å². The molecule has 2 saturated carbocycles. The van der Waals surface area contributed by atoms with Gasteiger partial charge in [0.25, 0.3) is 0 Å². The van der Waals surface area contributed by atoms with E-state index in [0.717, 1.165) is 18.4 Å². The molecule has 0 spiro atoms. The fourth-order valence-electron chi connectivity index (χ4n) is 7.82. The second-order valence-corrected chi connectivity index (χ2v) is 12.4. The zero-order valence-corrected chi connectivity index (χ0v) is 24.6. The van der Waals surface area contributed by atoms with Gasteiger partial charge in [-0.2, -0.15) is 0 Å². The van der Waals surface area contributed by atoms with Gasteiger partial charge in [-0.25, -0.2) is 4.79 Å². The first-order chi connectivity index (χ1) is 18.7. The van der Waals surface area contributed by atoms with Crippen LogP contribution in [0.2, 0.25) is 0 Å². The van der Waals surface area contributed by atoms with Crippen LogP contribution in [0.3, 0.4) is 0 Å². The molecular formula is C32H42O8. The number of rotatable bonds is 8. The molecule has 4 aliphatic carbocycles. The van der Waals surface area contributed by atoms with Crippen LogP contribution >= 0.6 is 0 Å². The molecule has 0 aromatic rings. The van der Waals surface area contributed by atoms with Crippen molar-refractivity contribution in [3.8, 4) is 0 Å². The van der Waals surface area contributed by atoms with E-state index in [1.807, 2.05) is 32.1 Å². The van der Waals surface area contributed by atoms with E-state index < -0.39 is 70.2 Å². The van der Waals surface area contributed by atoms with Crippen molar-refractivity contribution in [3.63, 3.8) is 0 Å². The lowest BCUT2D eigenvalue weighted by molar-refractivity contribution is -0.217. The van der Waals surface area contributed by atoms with Crippen molar-refractivity contribution in [2.75, 3.05) is 6.61 Å². The van der Waals surface area contributed by atoms with Gasteiger partial charge in [0, 0.05) is 54.9 Å². The third-order valence-electron chi connectivity index (χ3n) is 9.63. The van der Waals surface area contributed by atoms with E-state index in [0.29, 0.717) is 12.0 Å². The maximum absolute atomic E-state index is 13.3. The van der Waals surface area contributed by atoms with Gasteiger partial charge in [0.1, 0.15) is 12.7 Å². The van der Waals surface area contributed by atoms with E-state index >= 15 is 0 Å². The van der Waals surface area contributed by atoms with Crippen LogP contribution < -0.4 is 0 Å². The molecule has 1 N–H and O–H groups in total. The number of Topliss-reactive ketones (excluding diaryl/α,β-unsaturated/α-hetero) is 1. The first kappa shape index (κ1) is 30.0. The summed E-state index contributed by atoms with van der Waals surface area (Å²) >= 11 is 0. The molecule has 4 aliphatic rings. The topological polar surface area (TPSA) is 116 Å². The van der Waals surface area contributed by atoms with Crippen LogP contribution in [0.5, 0.6) is 0 Å². The van der Waals surface area contributed by atoms with Crippen LogP contribution in [0.15, 0.2) is 47.6 Å². The number of aliphatic hydroxyl groups is 1. The minimum absolute atomic E-state index is 0.00825. The van der Waals surface area contributed by atoms with Crippen molar-refractivity contribution in [1.29, 1.82) is 0 Å². The van der Waals surface area contributed by atoms with Crippen molar-refractivity contribution < 1.29 is 38.5 Å². The molecule has 8 heteroatoms. The van der Waals surface area contributed by atoms with Gasteiger partial charge in [-0.1, -0.05) is 64.5 Å². The Labute approximate surface area is 236 Å². The molecule has 0 aliphatic heterocycles. The van der Waals surface area contributed by atoms with Gasteiger partial charge in [-0.15, -0.1) is 0 Å². The minimum Gasteiger partial charge on any atom is -0.461 e. The van der Waals surface area contributed by atoms with Gasteiger partial charge in [0.05, 0.1) is 5.60 Å². The van der Waals surface area contributed by atoms with Gasteiger partial charge in [-0.3, -0.25) is 14.4 Å². The van der Waals surface area contributed by atoms with E-state index in [1.165, 1.54) is 19.9 Å². The second kappa shape index (κ2) is 10.8. The molecule has 0 saturated heterocycles. The Morgan fingerprint density at radius 2 is 1.80 bits per heavy atom. The zero-order valence-electron chi connectivity index (χ0n) is 24.6. The van der Waals surface area contributed by atoms with E-state index in [2.05, 4.69) is 6.92 Å². The Kier molecular flexibility index (Phi) is 8.07. The van der Waals surface area contributed by atoms with Gasteiger partial charge in [0.15, 0.2) is 11.4 Å². The molecule has 8 nitrogen and oxygen atoms in total. The molecule has 2 fully saturated rings. The van der Waals surface area contributed by atoms with Crippen LogP contribution in [0.4, 0.5) is 0 Å². The molecule has 0 unspecified atom stereocenters. The summed E-state index contributed by atoms with van der Waals surface area (Å²) in [7, 11) is 0. The van der Waals surface area contributed by atoms with E-state index in [-0.39, 0.29) is 12.4 Å². The summed E-state index contributed by atoms with van der Waals surface area (Å²) in [6, 6.07) is 0. The van der Waals surface area contributed by atoms with Crippen molar-refractivity contribution >= 4 is 23.7 Å². The standard InChI is InChI=1S/C32H42O8/c1-8-9-10-11-12-13-26(35)39-29-19(3)31(37)24-14-18(2)27(36)23(24)15-22(17-38-20(4)33)16-25(31)28-30(6,7)32(28,29)40-21(5)34/h10-14,16,19,23-25,28-29,37H,8-9,15,17H2,1-7H3/t19-,23+,24-,25+,28-,29-,31+,32-/m1/s1. The van der Waals surface area contributed by atoms with Crippen LogP contribution in [0.1, 0.15) is 67.7 Å². The summed E-state index contributed by atoms with van der Waals surface area (Å²) < 4.78 is 17.5. The summed E-state index contributed by atoms with van der Waals surface area (Å²) in [4.78, 5) is 50.5. The van der Waals surface area contributed by atoms with Crippen LogP contribution in [0.25, 0.3) is 0 Å². The Bertz CT molecular complexity index is 1210. The molecule has 0 bridgehead atoms. The van der Waals surface area contributed by atoms with E-state index in [9.17, 15) is 24.3 Å². The average molecular weight is 555 g/mol. The fourth-order valence-corrected chi connectivity index (χ4v) is 7.82. The molecule has 4 rings (SSSR count). The quantitative estimate of drug-likeness (QED) is 0.154. The molecule has 40 heavy (non-hydrogen) atoms. The number of ketones is 1. The lowest BCUT2D eigenvalue weighted by Crippen LogP contribution is -2.63. The lowest BCUT2D eigenvalue weighted by Gasteiger charge is -2.52. The van der Waals surface area contributed by atoms with Crippen LogP contribution in [-0.2, 0) is 33.4 Å². The summed E-state index contributed by atoms with van der Waals surface area (Å²) in [5, 5.41) is 12.8. The Balaban J connectivity index is 1.81. The Morgan fingerprint density at radius 3 is 2.42 bits per heavy atom. The predicted octanol–water partition coefficient (Wildman–Crippen LogP) is 4.42. The molecule has 0 heterocycles. The largest absolute Gasteiger partial charge is 0.461 e. The highest BCUT2D eigenvalue weighted by Crippen LogP contribution is 2.76. The van der Waals surface area contributed by atoms with Gasteiger partial charge in [-0.05, 0) is 30.9 Å². The Morgan fingerprint density at radius 1 is 1.10 bits per heavy atom. The molecule has 8 atom stereocenters. The highest BCUT2D eigenvalue weighted by Gasteiger charge is 2.87. The maximum Gasteiger partial charge on any atom is 0.331 e. The first-order valence-electron chi connectivity index (χ1n) is 14.2. The van der Waals surface area contributed by atoms with Gasteiger partial charge >= 0.3 is 17.9 Å². The summed E-state index contributed by atoms with van der Waals surface area (Å²) in [5.41, 5.74) is -2.02. The number of esters is 3. The number of ether oxygens (including phenoxy) is 3. The molecule has 218 valence electrons. The van der Waals surface area contributed by atoms with Crippen LogP contribution in [-0.4, -0.2) is 52.7 Å². The third kappa shape index (κ3) is 4.68. The normalized spacial score (nSPS) is 37.5. The SMILES string of the molecule is CCCC=CC=CC(=O)O[C@@H]1[C@@H](C)[C@]2(O)[C@@H]3C=C(C)C(=O)[C@H]3CC(COC(C)=O)=C[C@H]2[C@@H]2C(C)(C)[C@]12OC(C)=O. The fraction of sp³-hybridized carbons (Fsp3) is 0.625. The van der Waals surface area contributed by atoms with Crippen LogP contribution in [0, 0.1) is 35.0 Å². The summed E-state index contributed by atoms with van der Waals surface area (Å²) in [5.74, 6) is -4.34. The van der Waals surface area contributed by atoms with Crippen molar-refractivity contribution in [2.45, 2.75) is 85.0 Å². The lowest BCUT2D eigenvalue weighted by atomic mass is 9.60. The highest BCUT2D eigenvalue weighted by atomic mass is 16.6. The monoisotopic (exact) mass is 554 g/mol. The minimum atomic E-state index is -1.49. The highest BCUT2D eigenvalue weighted by molar-refractivity contribution is 6.00. The van der Waals surface area contributed by atoms with Crippen molar-refractivity contribution in [2.24, 2.45) is 35.0 Å². The van der Waals surface area contributed by atoms with Crippen molar-refractivity contribution in [3.05, 3.63) is 47.6 Å². The summed E-state index contributed by atoms with van der Waals surface area (Å²) in [6.45, 7) is 12.2. The second-order valence-electron chi connectivity index (χ2n) is 12.4. The van der Waals surface area contributed by atoms with Crippen molar-refractivity contribution in [1.82, 2.24) is 0 Å². The molecule has 0 radical (unpaired) electrons. The molecular weight excluding hydrogens is 512 g/mol. The number of carbonyl (C=O) groups is 4. The zero-order chi connectivity index (χ0) is 29.6. The first-order valence-corrected chi connectivity index (χ1v) is 14.2. The molecule has 0 aromatic heterocycles. The third-order valence-corrected chi connectivity index (χ3v) is 9.63. The van der Waals surface area contributed by atoms with E-state index in [1.54, 1.807) is 26.0 Å². The average Bonchev–Trinajstić information content (AvgIpc) is 3.26. The molecule has 0 amide bonds. The smallest absolute Gasteiger partial charge is 0.331 e. The number of unbranched alkanes of at least 4 members (excludes halogenated alkanes) is 1.